The molecule has 1 aromatic rings. The third kappa shape index (κ3) is 3.44. The van der Waals surface area contributed by atoms with Crippen molar-refractivity contribution in [1.82, 2.24) is 4.90 Å². The molecule has 0 spiro atoms. The number of benzene rings is 1. The summed E-state index contributed by atoms with van der Waals surface area (Å²) < 4.78 is 5.28. The zero-order valence-electron chi connectivity index (χ0n) is 10.4. The molecule has 1 saturated heterocycles. The number of nitriles is 1. The fourth-order valence-corrected chi connectivity index (χ4v) is 1.84. The monoisotopic (exact) mass is 261 g/mol. The molecule has 19 heavy (non-hydrogen) atoms. The number of urea groups is 1. The zero-order chi connectivity index (χ0) is 13.7. The SMILES string of the molecule is N#Cc1ccc(NC(=O)N2CCOC(CO)C2)cc1. The standard InChI is InChI=1S/C13H15N3O3/c14-7-10-1-3-11(4-2-10)15-13(18)16-5-6-19-12(8-16)9-17/h1-4,12,17H,5-6,8-9H2,(H,15,18). The molecule has 0 radical (unpaired) electrons. The van der Waals surface area contributed by atoms with Gasteiger partial charge in [0, 0.05) is 12.2 Å². The van der Waals surface area contributed by atoms with Gasteiger partial charge in [0.05, 0.1) is 37.5 Å². The summed E-state index contributed by atoms with van der Waals surface area (Å²) in [6, 6.07) is 8.44. The second kappa shape index (κ2) is 6.18. The Morgan fingerprint density at radius 3 is 2.89 bits per heavy atom. The molecule has 2 N–H and O–H groups in total. The largest absolute Gasteiger partial charge is 0.394 e. The predicted octanol–water partition coefficient (Wildman–Crippen LogP) is 0.783. The molecule has 2 rings (SSSR count). The number of nitrogens with one attached hydrogen (secondary N) is 1. The van der Waals surface area contributed by atoms with Crippen LogP contribution in [0.15, 0.2) is 24.3 Å². The van der Waals surface area contributed by atoms with Gasteiger partial charge < -0.3 is 20.1 Å². The number of carbonyl (C=O) groups excluding carboxylic acids is 1. The first-order valence-corrected chi connectivity index (χ1v) is 6.01. The van der Waals surface area contributed by atoms with E-state index in [1.54, 1.807) is 29.2 Å². The number of ether oxygens (including phenoxy) is 1. The maximum absolute atomic E-state index is 12.0. The van der Waals surface area contributed by atoms with Crippen LogP contribution in [0.2, 0.25) is 0 Å². The van der Waals surface area contributed by atoms with Crippen LogP contribution in [0.5, 0.6) is 0 Å². The number of aliphatic hydroxyl groups is 1. The molecule has 1 fully saturated rings. The van der Waals surface area contributed by atoms with Gasteiger partial charge in [-0.3, -0.25) is 0 Å². The molecule has 0 aliphatic carbocycles. The highest BCUT2D eigenvalue weighted by Crippen LogP contribution is 2.11. The van der Waals surface area contributed by atoms with E-state index in [0.717, 1.165) is 0 Å². The van der Waals surface area contributed by atoms with Crippen LogP contribution in [0.1, 0.15) is 5.56 Å². The molecule has 0 saturated carbocycles. The van der Waals surface area contributed by atoms with Crippen molar-refractivity contribution in [3.8, 4) is 6.07 Å². The Morgan fingerprint density at radius 1 is 1.53 bits per heavy atom. The van der Waals surface area contributed by atoms with Crippen LogP contribution in [0.3, 0.4) is 0 Å². The quantitative estimate of drug-likeness (QED) is 0.824. The lowest BCUT2D eigenvalue weighted by molar-refractivity contribution is -0.0388. The van der Waals surface area contributed by atoms with Gasteiger partial charge in [-0.05, 0) is 24.3 Å². The summed E-state index contributed by atoms with van der Waals surface area (Å²) >= 11 is 0. The Hall–Kier alpha value is -2.10. The highest BCUT2D eigenvalue weighted by atomic mass is 16.5. The molecule has 0 bridgehead atoms. The van der Waals surface area contributed by atoms with Gasteiger partial charge in [0.1, 0.15) is 0 Å². The second-order valence-corrected chi connectivity index (χ2v) is 4.24. The lowest BCUT2D eigenvalue weighted by Crippen LogP contribution is -2.48. The smallest absolute Gasteiger partial charge is 0.322 e. The van der Waals surface area contributed by atoms with Gasteiger partial charge in [-0.1, -0.05) is 0 Å². The first kappa shape index (κ1) is 13.3. The van der Waals surface area contributed by atoms with Crippen molar-refractivity contribution in [2.45, 2.75) is 6.10 Å². The minimum absolute atomic E-state index is 0.0966. The van der Waals surface area contributed by atoms with E-state index in [4.69, 9.17) is 15.1 Å². The molecule has 100 valence electrons. The van der Waals surface area contributed by atoms with E-state index < -0.39 is 0 Å². The van der Waals surface area contributed by atoms with E-state index in [-0.39, 0.29) is 18.7 Å². The molecule has 6 heteroatoms. The molecular weight excluding hydrogens is 246 g/mol. The lowest BCUT2D eigenvalue weighted by atomic mass is 10.2. The van der Waals surface area contributed by atoms with Crippen molar-refractivity contribution < 1.29 is 14.6 Å². The first-order chi connectivity index (χ1) is 9.22. The average Bonchev–Trinajstić information content (AvgIpc) is 2.48. The van der Waals surface area contributed by atoms with Crippen molar-refractivity contribution in [1.29, 1.82) is 5.26 Å². The van der Waals surface area contributed by atoms with Gasteiger partial charge in [-0.15, -0.1) is 0 Å². The zero-order valence-corrected chi connectivity index (χ0v) is 10.4. The van der Waals surface area contributed by atoms with Crippen molar-refractivity contribution >= 4 is 11.7 Å². The molecule has 1 heterocycles. The number of carbonyl (C=O) groups is 1. The second-order valence-electron chi connectivity index (χ2n) is 4.24. The Labute approximate surface area is 111 Å². The number of amides is 2. The molecule has 6 nitrogen and oxygen atoms in total. The summed E-state index contributed by atoms with van der Waals surface area (Å²) in [5, 5.41) is 20.5. The van der Waals surface area contributed by atoms with Crippen LogP contribution in [0.4, 0.5) is 10.5 Å². The summed E-state index contributed by atoms with van der Waals surface area (Å²) in [7, 11) is 0. The predicted molar refractivity (Wildman–Crippen MR) is 68.6 cm³/mol. The highest BCUT2D eigenvalue weighted by molar-refractivity contribution is 5.89. The van der Waals surface area contributed by atoms with Gasteiger partial charge in [0.15, 0.2) is 0 Å². The molecule has 0 aromatic heterocycles. The van der Waals surface area contributed by atoms with Crippen molar-refractivity contribution in [2.24, 2.45) is 0 Å². The van der Waals surface area contributed by atoms with E-state index in [1.165, 1.54) is 0 Å². The van der Waals surface area contributed by atoms with E-state index in [0.29, 0.717) is 30.9 Å². The Kier molecular flexibility index (Phi) is 4.34. The summed E-state index contributed by atoms with van der Waals surface area (Å²) in [5.74, 6) is 0. The van der Waals surface area contributed by atoms with E-state index in [9.17, 15) is 4.79 Å². The molecule has 2 amide bonds. The van der Waals surface area contributed by atoms with E-state index in [2.05, 4.69) is 5.32 Å². The summed E-state index contributed by atoms with van der Waals surface area (Å²) in [5.41, 5.74) is 1.18. The number of hydrogen-bond acceptors (Lipinski definition) is 4. The molecule has 1 unspecified atom stereocenters. The number of morpholine rings is 1. The third-order valence-electron chi connectivity index (χ3n) is 2.89. The Balaban J connectivity index is 1.94. The molecule has 1 aromatic carbocycles. The lowest BCUT2D eigenvalue weighted by Gasteiger charge is -2.32. The van der Waals surface area contributed by atoms with Gasteiger partial charge in [0.2, 0.25) is 0 Å². The van der Waals surface area contributed by atoms with Crippen LogP contribution < -0.4 is 5.32 Å². The van der Waals surface area contributed by atoms with Gasteiger partial charge in [0.25, 0.3) is 0 Å². The molecule has 1 aliphatic rings. The maximum Gasteiger partial charge on any atom is 0.322 e. The first-order valence-electron chi connectivity index (χ1n) is 6.01. The Bertz CT molecular complexity index is 481. The maximum atomic E-state index is 12.0. The number of rotatable bonds is 2. The van der Waals surface area contributed by atoms with Crippen LogP contribution in [-0.4, -0.2) is 48.4 Å². The summed E-state index contributed by atoms with van der Waals surface area (Å²) in [4.78, 5) is 13.6. The minimum atomic E-state index is -0.319. The molecular formula is C13H15N3O3. The van der Waals surface area contributed by atoms with Gasteiger partial charge >= 0.3 is 6.03 Å². The van der Waals surface area contributed by atoms with Gasteiger partial charge in [-0.2, -0.15) is 5.26 Å². The van der Waals surface area contributed by atoms with E-state index in [1.807, 2.05) is 6.07 Å². The molecule has 1 atom stereocenters. The third-order valence-corrected chi connectivity index (χ3v) is 2.89. The van der Waals surface area contributed by atoms with Crippen LogP contribution in [0, 0.1) is 11.3 Å². The Morgan fingerprint density at radius 2 is 2.26 bits per heavy atom. The summed E-state index contributed by atoms with van der Waals surface area (Å²) in [6.07, 6.45) is -0.319. The topological polar surface area (TPSA) is 85.6 Å². The van der Waals surface area contributed by atoms with Crippen molar-refractivity contribution in [3.63, 3.8) is 0 Å². The normalized spacial score (nSPS) is 18.7. The minimum Gasteiger partial charge on any atom is -0.394 e. The summed E-state index contributed by atoms with van der Waals surface area (Å²) in [6.45, 7) is 1.20. The van der Waals surface area contributed by atoms with Crippen LogP contribution >= 0.6 is 0 Å². The van der Waals surface area contributed by atoms with Gasteiger partial charge in [-0.25, -0.2) is 4.79 Å². The number of anilines is 1. The fourth-order valence-electron chi connectivity index (χ4n) is 1.84. The fraction of sp³-hybridized carbons (Fsp3) is 0.385. The highest BCUT2D eigenvalue weighted by Gasteiger charge is 2.23. The van der Waals surface area contributed by atoms with Crippen molar-refractivity contribution in [3.05, 3.63) is 29.8 Å². The van der Waals surface area contributed by atoms with E-state index >= 15 is 0 Å². The molecule has 1 aliphatic heterocycles. The van der Waals surface area contributed by atoms with Crippen LogP contribution in [0.25, 0.3) is 0 Å². The van der Waals surface area contributed by atoms with Crippen LogP contribution in [-0.2, 0) is 4.74 Å². The average molecular weight is 261 g/mol. The number of nitrogens with zero attached hydrogens (tertiary/aromatic N) is 2. The number of hydrogen-bond donors (Lipinski definition) is 2. The number of aliphatic hydroxyl groups excluding tert-OH is 1. The van der Waals surface area contributed by atoms with Crippen molar-refractivity contribution in [2.75, 3.05) is 31.6 Å².